The van der Waals surface area contributed by atoms with Crippen molar-refractivity contribution in [2.24, 2.45) is 0 Å². The van der Waals surface area contributed by atoms with Gasteiger partial charge in [-0.1, -0.05) is 12.1 Å². The molecule has 0 fully saturated rings. The number of nitrogens with one attached hydrogen (secondary N) is 3. The summed E-state index contributed by atoms with van der Waals surface area (Å²) < 4.78 is 39.8. The van der Waals surface area contributed by atoms with E-state index in [1.807, 2.05) is 12.1 Å². The maximum Gasteiger partial charge on any atom is 0.240 e. The van der Waals surface area contributed by atoms with Crippen LogP contribution < -0.4 is 15.4 Å². The molecule has 0 atom stereocenters. The SMILES string of the molecule is O=S(=O)(NCCNc1cc(Nc2ccccn2)ncn1)c1cccc(F)c1. The topological polar surface area (TPSA) is 109 Å². The zero-order valence-corrected chi connectivity index (χ0v) is 14.9. The summed E-state index contributed by atoms with van der Waals surface area (Å²) in [6.45, 7) is 0.389. The zero-order chi connectivity index (χ0) is 19.1. The van der Waals surface area contributed by atoms with Crippen molar-refractivity contribution in [2.45, 2.75) is 4.90 Å². The van der Waals surface area contributed by atoms with Crippen LogP contribution in [-0.4, -0.2) is 36.5 Å². The number of hydrogen-bond acceptors (Lipinski definition) is 7. The predicted molar refractivity (Wildman–Crippen MR) is 99.6 cm³/mol. The Balaban J connectivity index is 1.53. The van der Waals surface area contributed by atoms with Crippen LogP contribution in [0.2, 0.25) is 0 Å². The summed E-state index contributed by atoms with van der Waals surface area (Å²) in [7, 11) is -3.77. The minimum atomic E-state index is -3.77. The highest BCUT2D eigenvalue weighted by Crippen LogP contribution is 2.13. The van der Waals surface area contributed by atoms with Crippen LogP contribution >= 0.6 is 0 Å². The molecule has 1 aromatic carbocycles. The molecule has 0 aliphatic rings. The molecule has 2 heterocycles. The van der Waals surface area contributed by atoms with Gasteiger partial charge in [0.05, 0.1) is 4.90 Å². The second-order valence-electron chi connectivity index (χ2n) is 5.41. The fraction of sp³-hybridized carbons (Fsp3) is 0.118. The summed E-state index contributed by atoms with van der Waals surface area (Å²) >= 11 is 0. The maximum atomic E-state index is 13.2. The average Bonchev–Trinajstić information content (AvgIpc) is 2.66. The van der Waals surface area contributed by atoms with Crippen molar-refractivity contribution in [3.05, 3.63) is 66.9 Å². The number of benzene rings is 1. The number of sulfonamides is 1. The third-order valence-corrected chi connectivity index (χ3v) is 4.88. The summed E-state index contributed by atoms with van der Waals surface area (Å²) in [4.78, 5) is 12.2. The van der Waals surface area contributed by atoms with E-state index in [1.54, 1.807) is 18.3 Å². The molecule has 0 saturated heterocycles. The van der Waals surface area contributed by atoms with Crippen LogP contribution in [0.25, 0.3) is 0 Å². The third kappa shape index (κ3) is 5.43. The number of rotatable bonds is 8. The monoisotopic (exact) mass is 388 g/mol. The van der Waals surface area contributed by atoms with Crippen molar-refractivity contribution in [1.29, 1.82) is 0 Å². The lowest BCUT2D eigenvalue weighted by Gasteiger charge is -2.09. The Labute approximate surface area is 156 Å². The molecule has 0 unspecified atom stereocenters. The summed E-state index contributed by atoms with van der Waals surface area (Å²) in [6, 6.07) is 12.0. The number of aromatic nitrogens is 3. The van der Waals surface area contributed by atoms with E-state index in [2.05, 4.69) is 30.3 Å². The lowest BCUT2D eigenvalue weighted by Crippen LogP contribution is -2.29. The van der Waals surface area contributed by atoms with Gasteiger partial charge in [-0.3, -0.25) is 0 Å². The Morgan fingerprint density at radius 3 is 2.52 bits per heavy atom. The van der Waals surface area contributed by atoms with Crippen molar-refractivity contribution >= 4 is 27.5 Å². The Bertz CT molecular complexity index is 1000. The molecule has 8 nitrogen and oxygen atoms in total. The van der Waals surface area contributed by atoms with Gasteiger partial charge >= 0.3 is 0 Å². The Morgan fingerprint density at radius 2 is 1.74 bits per heavy atom. The van der Waals surface area contributed by atoms with Crippen molar-refractivity contribution in [3.8, 4) is 0 Å². The molecule has 27 heavy (non-hydrogen) atoms. The molecular weight excluding hydrogens is 371 g/mol. The van der Waals surface area contributed by atoms with Gasteiger partial charge in [0.25, 0.3) is 0 Å². The highest BCUT2D eigenvalue weighted by atomic mass is 32.2. The van der Waals surface area contributed by atoms with Crippen molar-refractivity contribution < 1.29 is 12.8 Å². The fourth-order valence-corrected chi connectivity index (χ4v) is 3.25. The van der Waals surface area contributed by atoms with Gasteiger partial charge in [0.2, 0.25) is 10.0 Å². The Kier molecular flexibility index (Phi) is 5.89. The van der Waals surface area contributed by atoms with Gasteiger partial charge in [-0.15, -0.1) is 0 Å². The van der Waals surface area contributed by atoms with Crippen LogP contribution in [0.5, 0.6) is 0 Å². The smallest absolute Gasteiger partial charge is 0.240 e. The highest BCUT2D eigenvalue weighted by molar-refractivity contribution is 7.89. The van der Waals surface area contributed by atoms with E-state index in [0.29, 0.717) is 17.5 Å². The highest BCUT2D eigenvalue weighted by Gasteiger charge is 2.13. The molecule has 0 radical (unpaired) electrons. The van der Waals surface area contributed by atoms with Gasteiger partial charge in [0.1, 0.15) is 29.6 Å². The lowest BCUT2D eigenvalue weighted by atomic mass is 10.4. The fourth-order valence-electron chi connectivity index (χ4n) is 2.18. The number of nitrogens with zero attached hydrogens (tertiary/aromatic N) is 3. The van der Waals surface area contributed by atoms with Gasteiger partial charge in [-0.2, -0.15) is 0 Å². The van der Waals surface area contributed by atoms with Gasteiger partial charge < -0.3 is 10.6 Å². The molecule has 0 spiro atoms. The van der Waals surface area contributed by atoms with Crippen LogP contribution in [0.4, 0.5) is 21.8 Å². The molecular formula is C17H17FN6O2S. The molecule has 0 bridgehead atoms. The molecule has 10 heteroatoms. The summed E-state index contributed by atoms with van der Waals surface area (Å²) in [5.41, 5.74) is 0. The van der Waals surface area contributed by atoms with Crippen LogP contribution in [-0.2, 0) is 10.0 Å². The molecule has 140 valence electrons. The van der Waals surface area contributed by atoms with Crippen molar-refractivity contribution in [2.75, 3.05) is 23.7 Å². The normalized spacial score (nSPS) is 11.1. The maximum absolute atomic E-state index is 13.2. The van der Waals surface area contributed by atoms with Crippen LogP contribution in [0.3, 0.4) is 0 Å². The Morgan fingerprint density at radius 1 is 0.889 bits per heavy atom. The minimum Gasteiger partial charge on any atom is -0.369 e. The predicted octanol–water partition coefficient (Wildman–Crippen LogP) is 2.14. The van der Waals surface area contributed by atoms with Gasteiger partial charge in [0, 0.05) is 25.4 Å². The number of pyridine rings is 1. The first-order valence-electron chi connectivity index (χ1n) is 8.02. The first kappa shape index (κ1) is 18.7. The molecule has 3 aromatic rings. The molecule has 0 saturated carbocycles. The van der Waals surface area contributed by atoms with E-state index in [-0.39, 0.29) is 18.0 Å². The molecule has 3 N–H and O–H groups in total. The van der Waals surface area contributed by atoms with E-state index in [0.717, 1.165) is 6.07 Å². The lowest BCUT2D eigenvalue weighted by molar-refractivity contribution is 0.579. The standard InChI is InChI=1S/C17H17FN6O2S/c18-13-4-3-5-14(10-13)27(25,26)23-9-8-20-16-11-17(22-12-21-16)24-15-6-1-2-7-19-15/h1-7,10-12,23H,8-9H2,(H2,19,20,21,22,24). The molecule has 0 aliphatic carbocycles. The second-order valence-corrected chi connectivity index (χ2v) is 7.18. The van der Waals surface area contributed by atoms with Gasteiger partial charge in [-0.25, -0.2) is 32.5 Å². The summed E-state index contributed by atoms with van der Waals surface area (Å²) in [5.74, 6) is 1.11. The van der Waals surface area contributed by atoms with Crippen LogP contribution in [0, 0.1) is 5.82 Å². The van der Waals surface area contributed by atoms with E-state index >= 15 is 0 Å². The third-order valence-electron chi connectivity index (χ3n) is 3.42. The molecule has 0 amide bonds. The van der Waals surface area contributed by atoms with Crippen LogP contribution in [0.1, 0.15) is 0 Å². The first-order valence-corrected chi connectivity index (χ1v) is 9.50. The number of hydrogen-bond donors (Lipinski definition) is 3. The second kappa shape index (κ2) is 8.52. The van der Waals surface area contributed by atoms with Crippen molar-refractivity contribution in [1.82, 2.24) is 19.7 Å². The van der Waals surface area contributed by atoms with Crippen molar-refractivity contribution in [3.63, 3.8) is 0 Å². The Hall–Kier alpha value is -3.11. The molecule has 2 aromatic heterocycles. The number of halogens is 1. The average molecular weight is 388 g/mol. The minimum absolute atomic E-state index is 0.103. The van der Waals surface area contributed by atoms with E-state index in [4.69, 9.17) is 0 Å². The van der Waals surface area contributed by atoms with E-state index in [9.17, 15) is 12.8 Å². The van der Waals surface area contributed by atoms with Crippen LogP contribution in [0.15, 0.2) is 66.0 Å². The molecule has 3 rings (SSSR count). The van der Waals surface area contributed by atoms with Gasteiger partial charge in [-0.05, 0) is 30.3 Å². The van der Waals surface area contributed by atoms with Gasteiger partial charge in [0.15, 0.2) is 0 Å². The quantitative estimate of drug-likeness (QED) is 0.507. The molecule has 0 aliphatic heterocycles. The summed E-state index contributed by atoms with van der Waals surface area (Å²) in [5, 5.41) is 6.03. The largest absolute Gasteiger partial charge is 0.369 e. The first-order chi connectivity index (χ1) is 13.0. The zero-order valence-electron chi connectivity index (χ0n) is 14.1. The number of anilines is 3. The summed E-state index contributed by atoms with van der Waals surface area (Å²) in [6.07, 6.45) is 3.04. The van der Waals surface area contributed by atoms with E-state index < -0.39 is 15.8 Å². The van der Waals surface area contributed by atoms with E-state index in [1.165, 1.54) is 24.5 Å².